The number of anilines is 1. The quantitative estimate of drug-likeness (QED) is 0.414. The van der Waals surface area contributed by atoms with Crippen LogP contribution in [0.25, 0.3) is 0 Å². The van der Waals surface area contributed by atoms with Crippen LogP contribution in [0.5, 0.6) is 0 Å². The van der Waals surface area contributed by atoms with E-state index in [4.69, 9.17) is 17.3 Å². The molecule has 0 aromatic heterocycles. The number of thioether (sulfide) groups is 1. The van der Waals surface area contributed by atoms with E-state index in [9.17, 15) is 0 Å². The molecule has 0 atom stereocenters. The van der Waals surface area contributed by atoms with Crippen LogP contribution in [0.3, 0.4) is 0 Å². The van der Waals surface area contributed by atoms with E-state index in [1.54, 1.807) is 11.8 Å². The molecule has 2 N–H and O–H groups in total. The Morgan fingerprint density at radius 2 is 2.00 bits per heavy atom. The minimum Gasteiger partial charge on any atom is -0.369 e. The number of halogens is 3. The Morgan fingerprint density at radius 3 is 2.64 bits per heavy atom. The van der Waals surface area contributed by atoms with Gasteiger partial charge in [-0.15, -0.1) is 24.2 Å². The van der Waals surface area contributed by atoms with Crippen molar-refractivity contribution in [2.24, 2.45) is 10.7 Å². The third-order valence-corrected chi connectivity index (χ3v) is 4.47. The molecule has 22 heavy (non-hydrogen) atoms. The molecule has 3 nitrogen and oxygen atoms in total. The second-order valence-corrected chi connectivity index (χ2v) is 6.53. The Hall–Kier alpha value is -0.880. The maximum absolute atomic E-state index is 6.18. The van der Waals surface area contributed by atoms with Crippen molar-refractivity contribution in [1.82, 2.24) is 0 Å². The maximum atomic E-state index is 6.18. The van der Waals surface area contributed by atoms with Gasteiger partial charge in [-0.2, -0.15) is 0 Å². The fraction of sp³-hybridized carbons (Fsp3) is 0.133. The largest absolute Gasteiger partial charge is 0.369 e. The molecule has 2 aromatic carbocycles. The van der Waals surface area contributed by atoms with Crippen molar-refractivity contribution >= 4 is 69.0 Å². The second kappa shape index (κ2) is 8.67. The van der Waals surface area contributed by atoms with Crippen LogP contribution in [-0.2, 0) is 0 Å². The number of nitrogens with zero attached hydrogens (tertiary/aromatic N) is 2. The van der Waals surface area contributed by atoms with Gasteiger partial charge in [-0.1, -0.05) is 33.6 Å². The predicted octanol–water partition coefficient (Wildman–Crippen LogP) is 5.33. The molecule has 0 saturated carbocycles. The number of aliphatic imine (C=N–C) groups is 1. The van der Waals surface area contributed by atoms with Gasteiger partial charge in [0.2, 0.25) is 5.96 Å². The van der Waals surface area contributed by atoms with Crippen molar-refractivity contribution in [3.8, 4) is 0 Å². The van der Waals surface area contributed by atoms with Crippen molar-refractivity contribution in [3.63, 3.8) is 0 Å². The Kier molecular flexibility index (Phi) is 7.56. The highest BCUT2D eigenvalue weighted by atomic mass is 79.9. The Labute approximate surface area is 154 Å². The van der Waals surface area contributed by atoms with Gasteiger partial charge in [0.1, 0.15) is 0 Å². The van der Waals surface area contributed by atoms with Crippen LogP contribution >= 0.6 is 51.7 Å². The lowest BCUT2D eigenvalue weighted by molar-refractivity contribution is 1.21. The van der Waals surface area contributed by atoms with Crippen LogP contribution < -0.4 is 10.6 Å². The van der Waals surface area contributed by atoms with Gasteiger partial charge >= 0.3 is 0 Å². The molecule has 0 unspecified atom stereocenters. The second-order valence-electron chi connectivity index (χ2n) is 4.33. The first kappa shape index (κ1) is 19.2. The van der Waals surface area contributed by atoms with Gasteiger partial charge < -0.3 is 10.6 Å². The van der Waals surface area contributed by atoms with Gasteiger partial charge in [0, 0.05) is 22.1 Å². The number of rotatable bonds is 3. The molecular weight excluding hydrogens is 405 g/mol. The summed E-state index contributed by atoms with van der Waals surface area (Å²) in [5.74, 6) is 0.383. The van der Waals surface area contributed by atoms with E-state index in [2.05, 4.69) is 20.9 Å². The van der Waals surface area contributed by atoms with Crippen molar-refractivity contribution in [2.75, 3.05) is 18.2 Å². The summed E-state index contributed by atoms with van der Waals surface area (Å²) in [7, 11) is 1.87. The third-order valence-electron chi connectivity index (χ3n) is 2.93. The van der Waals surface area contributed by atoms with Crippen LogP contribution in [-0.4, -0.2) is 19.3 Å². The monoisotopic (exact) mass is 419 g/mol. The van der Waals surface area contributed by atoms with E-state index < -0.39 is 0 Å². The first-order valence-corrected chi connectivity index (χ1v) is 8.58. The van der Waals surface area contributed by atoms with Crippen molar-refractivity contribution in [2.45, 2.75) is 4.90 Å². The highest BCUT2D eigenvalue weighted by Crippen LogP contribution is 2.30. The number of hydrogen-bond acceptors (Lipinski definition) is 2. The molecule has 0 amide bonds. The summed E-state index contributed by atoms with van der Waals surface area (Å²) in [4.78, 5) is 7.34. The number of nitrogens with two attached hydrogens (primary N) is 1. The average Bonchev–Trinajstić information content (AvgIpc) is 2.48. The van der Waals surface area contributed by atoms with Crippen LogP contribution in [0.15, 0.2) is 56.8 Å². The highest BCUT2D eigenvalue weighted by molar-refractivity contribution is 9.10. The first-order chi connectivity index (χ1) is 10.0. The lowest BCUT2D eigenvalue weighted by Gasteiger charge is -2.18. The molecule has 0 aliphatic heterocycles. The molecule has 0 heterocycles. The minimum absolute atomic E-state index is 0. The molecule has 118 valence electrons. The fourth-order valence-corrected chi connectivity index (χ4v) is 2.70. The van der Waals surface area contributed by atoms with Crippen LogP contribution in [0.1, 0.15) is 0 Å². The summed E-state index contributed by atoms with van der Waals surface area (Å²) in [6.07, 6.45) is 2.01. The summed E-state index contributed by atoms with van der Waals surface area (Å²) in [6.45, 7) is 0. The topological polar surface area (TPSA) is 41.6 Å². The number of hydrogen-bond donors (Lipinski definition) is 1. The van der Waals surface area contributed by atoms with Gasteiger partial charge in [0.25, 0.3) is 0 Å². The lowest BCUT2D eigenvalue weighted by Crippen LogP contribution is -2.33. The SMILES string of the molecule is CSc1ccc(Cl)c(N=C(N)N(C)c2cccc(Br)c2)c1.Cl. The standard InChI is InChI=1S/C15H15BrClN3S.ClH/c1-20(11-5-3-4-10(16)8-11)15(18)19-14-9-12(21-2)6-7-13(14)17;/h3-9H,1-2H3,(H2,18,19);1H. The predicted molar refractivity (Wildman–Crippen MR) is 104 cm³/mol. The van der Waals surface area contributed by atoms with E-state index >= 15 is 0 Å². The third kappa shape index (κ3) is 4.81. The normalized spacial score (nSPS) is 11.0. The van der Waals surface area contributed by atoms with E-state index in [1.165, 1.54) is 0 Å². The van der Waals surface area contributed by atoms with Crippen LogP contribution in [0.2, 0.25) is 5.02 Å². The Morgan fingerprint density at radius 1 is 1.27 bits per heavy atom. The zero-order valence-corrected chi connectivity index (χ0v) is 16.1. The van der Waals surface area contributed by atoms with Crippen LogP contribution in [0, 0.1) is 0 Å². The molecule has 7 heteroatoms. The Bertz CT molecular complexity index is 680. The van der Waals surface area contributed by atoms with Gasteiger partial charge in [-0.3, -0.25) is 0 Å². The molecule has 0 aliphatic carbocycles. The highest BCUT2D eigenvalue weighted by Gasteiger charge is 2.07. The molecular formula is C15H16BrCl2N3S. The van der Waals surface area contributed by atoms with E-state index in [-0.39, 0.29) is 12.4 Å². The summed E-state index contributed by atoms with van der Waals surface area (Å²) in [6, 6.07) is 13.6. The molecule has 0 bridgehead atoms. The van der Waals surface area contributed by atoms with E-state index in [1.807, 2.05) is 60.7 Å². The molecule has 0 radical (unpaired) electrons. The molecule has 2 aromatic rings. The van der Waals surface area contributed by atoms with Gasteiger partial charge in [0.15, 0.2) is 0 Å². The molecule has 0 fully saturated rings. The number of guanidine groups is 1. The molecule has 0 spiro atoms. The Balaban J connectivity index is 0.00000242. The lowest BCUT2D eigenvalue weighted by atomic mass is 10.3. The van der Waals surface area contributed by atoms with Crippen molar-refractivity contribution in [1.29, 1.82) is 0 Å². The molecule has 0 aliphatic rings. The fourth-order valence-electron chi connectivity index (χ4n) is 1.72. The van der Waals surface area contributed by atoms with E-state index in [0.717, 1.165) is 15.1 Å². The summed E-state index contributed by atoms with van der Waals surface area (Å²) >= 11 is 11.3. The van der Waals surface area contributed by atoms with Crippen LogP contribution in [0.4, 0.5) is 11.4 Å². The maximum Gasteiger partial charge on any atom is 0.200 e. The smallest absolute Gasteiger partial charge is 0.200 e. The average molecular weight is 421 g/mol. The molecule has 2 rings (SSSR count). The minimum atomic E-state index is 0. The van der Waals surface area contributed by atoms with Crippen molar-refractivity contribution in [3.05, 3.63) is 52.0 Å². The zero-order chi connectivity index (χ0) is 15.4. The molecule has 0 saturated heterocycles. The summed E-state index contributed by atoms with van der Waals surface area (Å²) < 4.78 is 0.988. The van der Waals surface area contributed by atoms with E-state index in [0.29, 0.717) is 16.7 Å². The van der Waals surface area contributed by atoms with Gasteiger partial charge in [-0.25, -0.2) is 4.99 Å². The van der Waals surface area contributed by atoms with Gasteiger partial charge in [-0.05, 0) is 42.7 Å². The first-order valence-electron chi connectivity index (χ1n) is 6.18. The summed E-state index contributed by atoms with van der Waals surface area (Å²) in [5, 5.41) is 0.582. The number of benzene rings is 2. The zero-order valence-electron chi connectivity index (χ0n) is 12.1. The summed E-state index contributed by atoms with van der Waals surface area (Å²) in [5.41, 5.74) is 7.70. The van der Waals surface area contributed by atoms with Gasteiger partial charge in [0.05, 0.1) is 10.7 Å². The van der Waals surface area contributed by atoms with Crippen molar-refractivity contribution < 1.29 is 0 Å².